The first-order valence-corrected chi connectivity index (χ1v) is 5.75. The Morgan fingerprint density at radius 3 is 2.93 bits per heavy atom. The molecule has 1 rings (SSSR count). The van der Waals surface area contributed by atoms with Crippen molar-refractivity contribution in [1.82, 2.24) is 14.7 Å². The van der Waals surface area contributed by atoms with Gasteiger partial charge in [0.05, 0.1) is 12.5 Å². The zero-order valence-electron chi connectivity index (χ0n) is 7.90. The fourth-order valence-corrected chi connectivity index (χ4v) is 2.21. The Morgan fingerprint density at radius 1 is 1.71 bits per heavy atom. The molecule has 0 fully saturated rings. The zero-order chi connectivity index (χ0) is 10.6. The van der Waals surface area contributed by atoms with Crippen molar-refractivity contribution in [3.8, 4) is 0 Å². The van der Waals surface area contributed by atoms with Crippen LogP contribution in [0.25, 0.3) is 0 Å². The number of hydrogen-bond donors (Lipinski definition) is 3. The number of H-pyrrole nitrogens is 1. The molecule has 0 amide bonds. The van der Waals surface area contributed by atoms with Crippen LogP contribution in [0.3, 0.4) is 0 Å². The Bertz CT molecular complexity index is 359. The monoisotopic (exact) mass is 218 g/mol. The van der Waals surface area contributed by atoms with Crippen molar-refractivity contribution in [1.29, 1.82) is 0 Å². The largest absolute Gasteiger partial charge is 0.335 e. The summed E-state index contributed by atoms with van der Waals surface area (Å²) in [6, 6.07) is -0.173. The molecular weight excluding hydrogens is 204 g/mol. The second-order valence-electron chi connectivity index (χ2n) is 3.02. The Hall–Kier alpha value is -0.920. The van der Waals surface area contributed by atoms with E-state index >= 15 is 0 Å². The summed E-state index contributed by atoms with van der Waals surface area (Å²) < 4.78 is 25.6. The van der Waals surface area contributed by atoms with Gasteiger partial charge in [-0.3, -0.25) is 0 Å². The molecule has 0 saturated carbocycles. The van der Waals surface area contributed by atoms with Gasteiger partial charge in [0.15, 0.2) is 5.03 Å². The standard InChI is InChI=1S/C7H14N4O2S/c1-6(2-3-8)11-14(12,13)7-4-9-5-10-7/h4-6,11H,2-3,8H2,1H3,(H,9,10). The predicted molar refractivity (Wildman–Crippen MR) is 52.0 cm³/mol. The van der Waals surface area contributed by atoms with Gasteiger partial charge in [0.2, 0.25) is 0 Å². The fourth-order valence-electron chi connectivity index (χ4n) is 1.03. The van der Waals surface area contributed by atoms with E-state index < -0.39 is 10.0 Å². The Kier molecular flexibility index (Phi) is 3.62. The van der Waals surface area contributed by atoms with E-state index in [4.69, 9.17) is 5.73 Å². The molecule has 0 aliphatic heterocycles. The maximum Gasteiger partial charge on any atom is 0.257 e. The molecule has 1 atom stereocenters. The molecule has 6 nitrogen and oxygen atoms in total. The van der Waals surface area contributed by atoms with Crippen LogP contribution in [0.2, 0.25) is 0 Å². The summed E-state index contributed by atoms with van der Waals surface area (Å²) in [5, 5.41) is 0.0707. The number of nitrogens with one attached hydrogen (secondary N) is 2. The van der Waals surface area contributed by atoms with Gasteiger partial charge in [0.1, 0.15) is 0 Å². The Balaban J connectivity index is 2.68. The summed E-state index contributed by atoms with van der Waals surface area (Å²) in [6.07, 6.45) is 3.19. The zero-order valence-corrected chi connectivity index (χ0v) is 8.71. The molecule has 7 heteroatoms. The minimum absolute atomic E-state index is 0.0707. The van der Waals surface area contributed by atoms with Crippen LogP contribution in [-0.2, 0) is 10.0 Å². The SMILES string of the molecule is CC(CCN)NS(=O)(=O)c1cnc[nH]1. The molecule has 0 aliphatic rings. The molecule has 80 valence electrons. The molecule has 0 saturated heterocycles. The summed E-state index contributed by atoms with van der Waals surface area (Å²) in [7, 11) is -3.46. The topological polar surface area (TPSA) is 101 Å². The fraction of sp³-hybridized carbons (Fsp3) is 0.571. The van der Waals surface area contributed by atoms with E-state index in [9.17, 15) is 8.42 Å². The molecule has 1 aromatic heterocycles. The lowest BCUT2D eigenvalue weighted by molar-refractivity contribution is 0.547. The molecule has 1 aromatic rings. The summed E-state index contributed by atoms with van der Waals surface area (Å²) in [5.74, 6) is 0. The number of aromatic nitrogens is 2. The van der Waals surface area contributed by atoms with Crippen molar-refractivity contribution in [2.45, 2.75) is 24.4 Å². The first kappa shape index (κ1) is 11.2. The van der Waals surface area contributed by atoms with Crippen LogP contribution in [0.1, 0.15) is 13.3 Å². The third-order valence-electron chi connectivity index (χ3n) is 1.72. The predicted octanol–water partition coefficient (Wildman–Crippen LogP) is -0.575. The Morgan fingerprint density at radius 2 is 2.43 bits per heavy atom. The van der Waals surface area contributed by atoms with Gasteiger partial charge in [-0.15, -0.1) is 0 Å². The van der Waals surface area contributed by atoms with Gasteiger partial charge in [0, 0.05) is 6.04 Å². The third kappa shape index (κ3) is 2.79. The second-order valence-corrected chi connectivity index (χ2v) is 4.70. The van der Waals surface area contributed by atoms with E-state index in [1.165, 1.54) is 12.5 Å². The summed E-state index contributed by atoms with van der Waals surface area (Å²) in [4.78, 5) is 6.17. The van der Waals surface area contributed by atoms with E-state index in [2.05, 4.69) is 14.7 Å². The molecule has 4 N–H and O–H groups in total. The van der Waals surface area contributed by atoms with Crippen molar-refractivity contribution in [2.75, 3.05) is 6.54 Å². The molecule has 1 unspecified atom stereocenters. The summed E-state index contributed by atoms with van der Waals surface area (Å²) >= 11 is 0. The molecular formula is C7H14N4O2S. The molecule has 0 aromatic carbocycles. The second kappa shape index (κ2) is 4.54. The number of aromatic amines is 1. The highest BCUT2D eigenvalue weighted by molar-refractivity contribution is 7.89. The van der Waals surface area contributed by atoms with Gasteiger partial charge in [-0.05, 0) is 19.9 Å². The lowest BCUT2D eigenvalue weighted by Crippen LogP contribution is -2.34. The Labute approximate surface area is 83.0 Å². The van der Waals surface area contributed by atoms with Crippen molar-refractivity contribution in [2.24, 2.45) is 5.73 Å². The summed E-state index contributed by atoms with van der Waals surface area (Å²) in [5.41, 5.74) is 5.31. The minimum Gasteiger partial charge on any atom is -0.335 e. The lowest BCUT2D eigenvalue weighted by atomic mass is 10.3. The van der Waals surface area contributed by atoms with Crippen LogP contribution < -0.4 is 10.5 Å². The maximum atomic E-state index is 11.6. The van der Waals surface area contributed by atoms with Gasteiger partial charge in [-0.2, -0.15) is 0 Å². The van der Waals surface area contributed by atoms with Crippen molar-refractivity contribution < 1.29 is 8.42 Å². The van der Waals surface area contributed by atoms with Crippen molar-refractivity contribution in [3.05, 3.63) is 12.5 Å². The van der Waals surface area contributed by atoms with E-state index in [0.29, 0.717) is 13.0 Å². The first-order valence-electron chi connectivity index (χ1n) is 4.27. The van der Waals surface area contributed by atoms with Crippen LogP contribution in [-0.4, -0.2) is 31.0 Å². The van der Waals surface area contributed by atoms with Crippen LogP contribution in [0, 0.1) is 0 Å². The average Bonchev–Trinajstić information content (AvgIpc) is 2.54. The number of nitrogens with two attached hydrogens (primary N) is 1. The minimum atomic E-state index is -3.46. The highest BCUT2D eigenvalue weighted by Crippen LogP contribution is 2.03. The quantitative estimate of drug-likeness (QED) is 0.615. The average molecular weight is 218 g/mol. The van der Waals surface area contributed by atoms with E-state index in [0.717, 1.165) is 0 Å². The van der Waals surface area contributed by atoms with Crippen molar-refractivity contribution in [3.63, 3.8) is 0 Å². The number of imidazole rings is 1. The number of sulfonamides is 1. The van der Waals surface area contributed by atoms with E-state index in [-0.39, 0.29) is 11.1 Å². The van der Waals surface area contributed by atoms with Crippen LogP contribution >= 0.6 is 0 Å². The highest BCUT2D eigenvalue weighted by Gasteiger charge is 2.17. The van der Waals surface area contributed by atoms with Gasteiger partial charge in [-0.1, -0.05) is 0 Å². The number of nitrogens with zero attached hydrogens (tertiary/aromatic N) is 1. The molecule has 0 bridgehead atoms. The smallest absolute Gasteiger partial charge is 0.257 e. The number of rotatable bonds is 5. The van der Waals surface area contributed by atoms with Crippen LogP contribution in [0.15, 0.2) is 17.6 Å². The van der Waals surface area contributed by atoms with Crippen LogP contribution in [0.5, 0.6) is 0 Å². The van der Waals surface area contributed by atoms with E-state index in [1.54, 1.807) is 6.92 Å². The van der Waals surface area contributed by atoms with Gasteiger partial charge < -0.3 is 10.7 Å². The normalized spacial score (nSPS) is 14.1. The van der Waals surface area contributed by atoms with Gasteiger partial charge in [0.25, 0.3) is 10.0 Å². The molecule has 0 aliphatic carbocycles. The highest BCUT2D eigenvalue weighted by atomic mass is 32.2. The van der Waals surface area contributed by atoms with E-state index in [1.807, 2.05) is 0 Å². The number of hydrogen-bond acceptors (Lipinski definition) is 4. The molecule has 1 heterocycles. The maximum absolute atomic E-state index is 11.6. The molecule has 0 spiro atoms. The van der Waals surface area contributed by atoms with Crippen molar-refractivity contribution >= 4 is 10.0 Å². The molecule has 14 heavy (non-hydrogen) atoms. The third-order valence-corrected chi connectivity index (χ3v) is 3.23. The molecule has 0 radical (unpaired) electrons. The summed E-state index contributed by atoms with van der Waals surface area (Å²) in [6.45, 7) is 2.22. The van der Waals surface area contributed by atoms with Crippen LogP contribution in [0.4, 0.5) is 0 Å². The first-order chi connectivity index (χ1) is 6.56. The lowest BCUT2D eigenvalue weighted by Gasteiger charge is -2.11. The van der Waals surface area contributed by atoms with Gasteiger partial charge in [-0.25, -0.2) is 18.1 Å². The van der Waals surface area contributed by atoms with Gasteiger partial charge >= 0.3 is 0 Å².